The van der Waals surface area contributed by atoms with Crippen LogP contribution in [0.15, 0.2) is 0 Å². The Labute approximate surface area is 107 Å². The van der Waals surface area contributed by atoms with Crippen molar-refractivity contribution in [1.29, 1.82) is 0 Å². The average molecular weight is 284 g/mol. The first kappa shape index (κ1) is 14.7. The Hall–Kier alpha value is -0.330. The molecule has 1 atom stereocenters. The number of morpholine rings is 1. The monoisotopic (exact) mass is 283 g/mol. The van der Waals surface area contributed by atoms with Crippen LogP contribution in [0.3, 0.4) is 0 Å². The molecule has 1 unspecified atom stereocenters. The second-order valence-corrected chi connectivity index (χ2v) is 7.54. The summed E-state index contributed by atoms with van der Waals surface area (Å²) in [6, 6.07) is -0.251. The van der Waals surface area contributed by atoms with Crippen molar-refractivity contribution in [2.45, 2.75) is 24.6 Å². The highest BCUT2D eigenvalue weighted by atomic mass is 35.5. The van der Waals surface area contributed by atoms with Gasteiger partial charge in [-0.05, 0) is 13.8 Å². The van der Waals surface area contributed by atoms with Gasteiger partial charge in [0.15, 0.2) is 9.84 Å². The fraction of sp³-hybridized carbons (Fsp3) is 0.900. The summed E-state index contributed by atoms with van der Waals surface area (Å²) in [5, 5.41) is 0. The number of halogens is 1. The van der Waals surface area contributed by atoms with Gasteiger partial charge in [-0.1, -0.05) is 0 Å². The van der Waals surface area contributed by atoms with Crippen LogP contribution in [0.25, 0.3) is 0 Å². The van der Waals surface area contributed by atoms with Gasteiger partial charge in [-0.25, -0.2) is 8.42 Å². The van der Waals surface area contributed by atoms with Crippen LogP contribution in [0.2, 0.25) is 0 Å². The predicted octanol–water partition coefficient (Wildman–Crippen LogP) is 0.276. The maximum absolute atomic E-state index is 12.3. The number of carbonyl (C=O) groups is 1. The van der Waals surface area contributed by atoms with Crippen molar-refractivity contribution in [3.05, 3.63) is 0 Å². The third-order valence-corrected chi connectivity index (χ3v) is 5.49. The summed E-state index contributed by atoms with van der Waals surface area (Å²) < 4.78 is 27.0. The zero-order valence-electron chi connectivity index (χ0n) is 10.3. The second kappa shape index (κ2) is 5.12. The molecule has 5 nitrogen and oxygen atoms in total. The van der Waals surface area contributed by atoms with Crippen molar-refractivity contribution in [3.8, 4) is 0 Å². The molecule has 1 aliphatic rings. The molecule has 0 aromatic carbocycles. The molecule has 1 heterocycles. The van der Waals surface area contributed by atoms with Crippen LogP contribution in [-0.4, -0.2) is 61.9 Å². The Morgan fingerprint density at radius 1 is 1.53 bits per heavy atom. The maximum Gasteiger partial charge on any atom is 0.243 e. The molecule has 7 heteroatoms. The minimum atomic E-state index is -3.46. The lowest BCUT2D eigenvalue weighted by Crippen LogP contribution is -2.57. The van der Waals surface area contributed by atoms with Gasteiger partial charge in [0.05, 0.1) is 19.3 Å². The smallest absolute Gasteiger partial charge is 0.243 e. The molecule has 0 aliphatic carbocycles. The van der Waals surface area contributed by atoms with Crippen LogP contribution in [-0.2, 0) is 19.4 Å². The summed E-state index contributed by atoms with van der Waals surface area (Å²) in [6.07, 6.45) is 1.07. The predicted molar refractivity (Wildman–Crippen MR) is 66.0 cm³/mol. The zero-order valence-corrected chi connectivity index (χ0v) is 11.8. The van der Waals surface area contributed by atoms with Gasteiger partial charge in [0.25, 0.3) is 0 Å². The number of nitrogens with zero attached hydrogens (tertiary/aromatic N) is 1. The van der Waals surface area contributed by atoms with E-state index in [0.717, 1.165) is 6.26 Å². The minimum Gasteiger partial charge on any atom is -0.377 e. The van der Waals surface area contributed by atoms with Crippen molar-refractivity contribution in [2.24, 2.45) is 0 Å². The molecular formula is C10H18ClNO4S. The van der Waals surface area contributed by atoms with E-state index in [2.05, 4.69) is 0 Å². The number of hydrogen-bond donors (Lipinski definition) is 0. The molecule has 1 amide bonds. The van der Waals surface area contributed by atoms with Crippen LogP contribution < -0.4 is 0 Å². The lowest BCUT2D eigenvalue weighted by Gasteiger charge is -2.38. The average Bonchev–Trinajstić information content (AvgIpc) is 2.26. The quantitative estimate of drug-likeness (QED) is 0.698. The molecular weight excluding hydrogens is 266 g/mol. The molecule has 0 aromatic heterocycles. The normalized spacial score (nSPS) is 22.6. The number of ether oxygens (including phenoxy) is 1. The molecule has 100 valence electrons. The maximum atomic E-state index is 12.3. The van der Waals surface area contributed by atoms with Gasteiger partial charge < -0.3 is 9.64 Å². The highest BCUT2D eigenvalue weighted by Crippen LogP contribution is 2.22. The van der Waals surface area contributed by atoms with Gasteiger partial charge in [0.2, 0.25) is 5.91 Å². The molecule has 1 saturated heterocycles. The van der Waals surface area contributed by atoms with Crippen molar-refractivity contribution in [3.63, 3.8) is 0 Å². The van der Waals surface area contributed by atoms with E-state index in [1.54, 1.807) is 0 Å². The number of amides is 1. The topological polar surface area (TPSA) is 63.7 Å². The minimum absolute atomic E-state index is 0.242. The summed E-state index contributed by atoms with van der Waals surface area (Å²) in [5.41, 5.74) is 0. The third kappa shape index (κ3) is 2.92. The first-order valence-electron chi connectivity index (χ1n) is 5.36. The molecule has 1 rings (SSSR count). The Morgan fingerprint density at radius 2 is 2.12 bits per heavy atom. The standard InChI is InChI=1S/C10H18ClNO4S/c1-10(2,17(3,14)15)9(13)12-4-5-16-7-8(12)6-11/h8H,4-7H2,1-3H3. The van der Waals surface area contributed by atoms with Crippen molar-refractivity contribution in [1.82, 2.24) is 4.90 Å². The fourth-order valence-electron chi connectivity index (χ4n) is 1.55. The van der Waals surface area contributed by atoms with E-state index >= 15 is 0 Å². The van der Waals surface area contributed by atoms with Crippen LogP contribution >= 0.6 is 11.6 Å². The highest BCUT2D eigenvalue weighted by molar-refractivity contribution is 7.92. The Bertz CT molecular complexity index is 393. The molecule has 0 spiro atoms. The highest BCUT2D eigenvalue weighted by Gasteiger charge is 2.43. The van der Waals surface area contributed by atoms with Gasteiger partial charge in [-0.3, -0.25) is 4.79 Å². The van der Waals surface area contributed by atoms with E-state index in [4.69, 9.17) is 16.3 Å². The van der Waals surface area contributed by atoms with Crippen molar-refractivity contribution in [2.75, 3.05) is 31.9 Å². The molecule has 0 radical (unpaired) electrons. The molecule has 0 saturated carbocycles. The first-order chi connectivity index (χ1) is 7.71. The van der Waals surface area contributed by atoms with Crippen LogP contribution in [0.1, 0.15) is 13.8 Å². The molecule has 0 bridgehead atoms. The van der Waals surface area contributed by atoms with Crippen LogP contribution in [0, 0.1) is 0 Å². The van der Waals surface area contributed by atoms with E-state index in [0.29, 0.717) is 19.8 Å². The Morgan fingerprint density at radius 3 is 2.59 bits per heavy atom. The van der Waals surface area contributed by atoms with Gasteiger partial charge in [0, 0.05) is 18.7 Å². The van der Waals surface area contributed by atoms with Gasteiger partial charge >= 0.3 is 0 Å². The van der Waals surface area contributed by atoms with Crippen LogP contribution in [0.4, 0.5) is 0 Å². The number of hydrogen-bond acceptors (Lipinski definition) is 4. The summed E-state index contributed by atoms with van der Waals surface area (Å²) in [6.45, 7) is 4.00. The van der Waals surface area contributed by atoms with E-state index in [1.807, 2.05) is 0 Å². The van der Waals surface area contributed by atoms with Gasteiger partial charge in [-0.2, -0.15) is 0 Å². The largest absolute Gasteiger partial charge is 0.377 e. The van der Waals surface area contributed by atoms with Crippen molar-refractivity contribution < 1.29 is 17.9 Å². The number of sulfone groups is 1. The Balaban J connectivity index is 2.95. The van der Waals surface area contributed by atoms with Crippen molar-refractivity contribution >= 4 is 27.3 Å². The van der Waals surface area contributed by atoms with E-state index in [1.165, 1.54) is 18.7 Å². The molecule has 17 heavy (non-hydrogen) atoms. The van der Waals surface area contributed by atoms with E-state index in [9.17, 15) is 13.2 Å². The van der Waals surface area contributed by atoms with Gasteiger partial charge in [-0.15, -0.1) is 11.6 Å². The first-order valence-corrected chi connectivity index (χ1v) is 7.78. The Kier molecular flexibility index (Phi) is 4.43. The lowest BCUT2D eigenvalue weighted by molar-refractivity contribution is -0.140. The summed E-state index contributed by atoms with van der Waals surface area (Å²) >= 11 is 5.76. The SMILES string of the molecule is CC(C)(C(=O)N1CCOCC1CCl)S(C)(=O)=O. The third-order valence-electron chi connectivity index (χ3n) is 3.11. The number of alkyl halides is 1. The fourth-order valence-corrected chi connectivity index (χ4v) is 2.24. The molecule has 0 N–H and O–H groups in total. The summed E-state index contributed by atoms with van der Waals surface area (Å²) in [4.78, 5) is 13.8. The summed E-state index contributed by atoms with van der Waals surface area (Å²) in [5.74, 6) is -0.167. The van der Waals surface area contributed by atoms with E-state index in [-0.39, 0.29) is 11.9 Å². The molecule has 1 aliphatic heterocycles. The molecule has 1 fully saturated rings. The number of rotatable bonds is 3. The number of carbonyl (C=O) groups excluding carboxylic acids is 1. The lowest BCUT2D eigenvalue weighted by atomic mass is 10.1. The zero-order chi connectivity index (χ0) is 13.3. The summed E-state index contributed by atoms with van der Waals surface area (Å²) in [7, 11) is -3.46. The van der Waals surface area contributed by atoms with Crippen LogP contribution in [0.5, 0.6) is 0 Å². The van der Waals surface area contributed by atoms with Gasteiger partial charge in [0.1, 0.15) is 4.75 Å². The molecule has 0 aromatic rings. The van der Waals surface area contributed by atoms with E-state index < -0.39 is 20.5 Å². The second-order valence-electron chi connectivity index (χ2n) is 4.66.